The second-order valence-corrected chi connectivity index (χ2v) is 6.48. The minimum Gasteiger partial charge on any atom is -0.340 e. The molecule has 1 amide bonds. The van der Waals surface area contributed by atoms with E-state index in [0.29, 0.717) is 24.3 Å². The number of rotatable bonds is 2. The molecule has 4 unspecified atom stereocenters. The fraction of sp³-hybridized carbons (Fsp3) is 0.933. The zero-order valence-corrected chi connectivity index (χ0v) is 11.9. The Balaban J connectivity index is 1.87. The molecule has 4 atom stereocenters. The van der Waals surface area contributed by atoms with Crippen molar-refractivity contribution in [2.75, 3.05) is 6.54 Å². The number of carbonyl (C=O) groups excluding carboxylic acids is 1. The van der Waals surface area contributed by atoms with Gasteiger partial charge in [0.1, 0.15) is 0 Å². The molecule has 0 radical (unpaired) electrons. The van der Waals surface area contributed by atoms with E-state index in [1.807, 2.05) is 0 Å². The van der Waals surface area contributed by atoms with Crippen molar-refractivity contribution in [3.8, 4) is 0 Å². The standard InChI is InChI=1S/C15H28N2O/c1-11-7-8-17(12(2)9-11)15(18)10-13-5-3-4-6-14(13)16/h11-14H,3-10,16H2,1-2H3. The van der Waals surface area contributed by atoms with Gasteiger partial charge in [-0.2, -0.15) is 0 Å². The second kappa shape index (κ2) is 6.05. The first-order valence-electron chi connectivity index (χ1n) is 7.63. The Bertz CT molecular complexity index is 292. The third-order valence-corrected chi connectivity index (χ3v) is 4.86. The third-order valence-electron chi connectivity index (χ3n) is 4.86. The van der Waals surface area contributed by atoms with Gasteiger partial charge < -0.3 is 10.6 Å². The molecule has 0 bridgehead atoms. The number of nitrogens with zero attached hydrogens (tertiary/aromatic N) is 1. The van der Waals surface area contributed by atoms with Crippen molar-refractivity contribution in [3.63, 3.8) is 0 Å². The van der Waals surface area contributed by atoms with Crippen molar-refractivity contribution >= 4 is 5.91 Å². The highest BCUT2D eigenvalue weighted by Crippen LogP contribution is 2.28. The fourth-order valence-corrected chi connectivity index (χ4v) is 3.61. The van der Waals surface area contributed by atoms with Gasteiger partial charge in [0.15, 0.2) is 0 Å². The van der Waals surface area contributed by atoms with Crippen LogP contribution >= 0.6 is 0 Å². The van der Waals surface area contributed by atoms with Crippen LogP contribution in [0, 0.1) is 11.8 Å². The van der Waals surface area contributed by atoms with Crippen LogP contribution in [0.4, 0.5) is 0 Å². The maximum Gasteiger partial charge on any atom is 0.223 e. The van der Waals surface area contributed by atoms with Gasteiger partial charge in [0.25, 0.3) is 0 Å². The van der Waals surface area contributed by atoms with Gasteiger partial charge in [0.05, 0.1) is 0 Å². The zero-order valence-electron chi connectivity index (χ0n) is 11.9. The largest absolute Gasteiger partial charge is 0.340 e. The summed E-state index contributed by atoms with van der Waals surface area (Å²) in [5.74, 6) is 1.54. The Morgan fingerprint density at radius 1 is 1.22 bits per heavy atom. The lowest BCUT2D eigenvalue weighted by atomic mass is 9.82. The number of hydrogen-bond acceptors (Lipinski definition) is 2. The third kappa shape index (κ3) is 3.25. The van der Waals surface area contributed by atoms with Gasteiger partial charge >= 0.3 is 0 Å². The normalized spacial score (nSPS) is 37.6. The quantitative estimate of drug-likeness (QED) is 0.821. The molecule has 2 rings (SSSR count). The van der Waals surface area contributed by atoms with Crippen LogP contribution in [0.5, 0.6) is 0 Å². The molecule has 2 N–H and O–H groups in total. The molecule has 0 aromatic carbocycles. The molecular formula is C15H28N2O. The lowest BCUT2D eigenvalue weighted by Crippen LogP contribution is -2.46. The summed E-state index contributed by atoms with van der Waals surface area (Å²) in [7, 11) is 0. The van der Waals surface area contributed by atoms with Crippen molar-refractivity contribution in [3.05, 3.63) is 0 Å². The number of piperidine rings is 1. The summed E-state index contributed by atoms with van der Waals surface area (Å²) in [5.41, 5.74) is 6.14. The van der Waals surface area contributed by atoms with Crippen molar-refractivity contribution in [2.45, 2.75) is 70.9 Å². The van der Waals surface area contributed by atoms with Crippen molar-refractivity contribution in [2.24, 2.45) is 17.6 Å². The van der Waals surface area contributed by atoms with Crippen LogP contribution in [0.2, 0.25) is 0 Å². The van der Waals surface area contributed by atoms with Crippen LogP contribution < -0.4 is 5.73 Å². The maximum absolute atomic E-state index is 12.4. The van der Waals surface area contributed by atoms with E-state index in [2.05, 4.69) is 18.7 Å². The number of likely N-dealkylation sites (tertiary alicyclic amines) is 1. The van der Waals surface area contributed by atoms with Gasteiger partial charge in [-0.25, -0.2) is 0 Å². The molecule has 1 aliphatic heterocycles. The van der Waals surface area contributed by atoms with Gasteiger partial charge in [0, 0.05) is 25.0 Å². The van der Waals surface area contributed by atoms with E-state index >= 15 is 0 Å². The van der Waals surface area contributed by atoms with E-state index in [1.54, 1.807) is 0 Å². The lowest BCUT2D eigenvalue weighted by molar-refractivity contribution is -0.136. The number of nitrogens with two attached hydrogens (primary N) is 1. The van der Waals surface area contributed by atoms with Gasteiger partial charge in [-0.1, -0.05) is 19.8 Å². The summed E-state index contributed by atoms with van der Waals surface area (Å²) in [6.07, 6.45) is 7.73. The molecular weight excluding hydrogens is 224 g/mol. The average Bonchev–Trinajstić information content (AvgIpc) is 2.32. The highest BCUT2D eigenvalue weighted by atomic mass is 16.2. The topological polar surface area (TPSA) is 46.3 Å². The Labute approximate surface area is 111 Å². The maximum atomic E-state index is 12.4. The van der Waals surface area contributed by atoms with Gasteiger partial charge in [0.2, 0.25) is 5.91 Å². The molecule has 1 saturated carbocycles. The summed E-state index contributed by atoms with van der Waals surface area (Å²) >= 11 is 0. The van der Waals surface area contributed by atoms with Crippen LogP contribution in [0.15, 0.2) is 0 Å². The van der Waals surface area contributed by atoms with Crippen LogP contribution in [0.25, 0.3) is 0 Å². The molecule has 3 heteroatoms. The molecule has 1 heterocycles. The Morgan fingerprint density at radius 2 is 1.94 bits per heavy atom. The van der Waals surface area contributed by atoms with Crippen LogP contribution in [-0.4, -0.2) is 29.4 Å². The van der Waals surface area contributed by atoms with E-state index in [-0.39, 0.29) is 6.04 Å². The first-order valence-corrected chi connectivity index (χ1v) is 7.63. The van der Waals surface area contributed by atoms with Gasteiger partial charge in [-0.3, -0.25) is 4.79 Å². The highest BCUT2D eigenvalue weighted by molar-refractivity contribution is 5.77. The predicted molar refractivity (Wildman–Crippen MR) is 74.1 cm³/mol. The Kier molecular flexibility index (Phi) is 4.66. The molecule has 2 aliphatic rings. The molecule has 18 heavy (non-hydrogen) atoms. The lowest BCUT2D eigenvalue weighted by Gasteiger charge is -2.38. The summed E-state index contributed by atoms with van der Waals surface area (Å²) < 4.78 is 0. The monoisotopic (exact) mass is 252 g/mol. The summed E-state index contributed by atoms with van der Waals surface area (Å²) in [4.78, 5) is 14.5. The van der Waals surface area contributed by atoms with E-state index in [0.717, 1.165) is 38.1 Å². The van der Waals surface area contributed by atoms with Crippen LogP contribution in [0.3, 0.4) is 0 Å². The van der Waals surface area contributed by atoms with Crippen LogP contribution in [0.1, 0.15) is 58.8 Å². The summed E-state index contributed by atoms with van der Waals surface area (Å²) in [6, 6.07) is 0.669. The molecule has 0 aromatic rings. The minimum absolute atomic E-state index is 0.252. The molecule has 1 saturated heterocycles. The van der Waals surface area contributed by atoms with Gasteiger partial charge in [-0.05, 0) is 44.4 Å². The van der Waals surface area contributed by atoms with Crippen molar-refractivity contribution in [1.82, 2.24) is 4.90 Å². The highest BCUT2D eigenvalue weighted by Gasteiger charge is 2.30. The first-order chi connectivity index (χ1) is 8.58. The minimum atomic E-state index is 0.252. The zero-order chi connectivity index (χ0) is 13.1. The second-order valence-electron chi connectivity index (χ2n) is 6.48. The van der Waals surface area contributed by atoms with Crippen molar-refractivity contribution < 1.29 is 4.79 Å². The van der Waals surface area contributed by atoms with Gasteiger partial charge in [-0.15, -0.1) is 0 Å². The molecule has 2 fully saturated rings. The number of hydrogen-bond donors (Lipinski definition) is 1. The SMILES string of the molecule is CC1CCN(C(=O)CC2CCCCC2N)C(C)C1. The van der Waals surface area contributed by atoms with E-state index < -0.39 is 0 Å². The van der Waals surface area contributed by atoms with Crippen LogP contribution in [-0.2, 0) is 4.79 Å². The average molecular weight is 252 g/mol. The fourth-order valence-electron chi connectivity index (χ4n) is 3.61. The number of amides is 1. The van der Waals surface area contributed by atoms with E-state index in [1.165, 1.54) is 12.8 Å². The molecule has 0 spiro atoms. The predicted octanol–water partition coefficient (Wildman–Crippen LogP) is 2.54. The number of carbonyl (C=O) groups is 1. The summed E-state index contributed by atoms with van der Waals surface area (Å²) in [6.45, 7) is 5.42. The van der Waals surface area contributed by atoms with Crippen molar-refractivity contribution in [1.29, 1.82) is 0 Å². The smallest absolute Gasteiger partial charge is 0.223 e. The van der Waals surface area contributed by atoms with E-state index in [4.69, 9.17) is 5.73 Å². The Morgan fingerprint density at radius 3 is 2.61 bits per heavy atom. The molecule has 3 nitrogen and oxygen atoms in total. The summed E-state index contributed by atoms with van der Waals surface area (Å²) in [5, 5.41) is 0. The molecule has 0 aromatic heterocycles. The first kappa shape index (κ1) is 13.9. The molecule has 1 aliphatic carbocycles. The Hall–Kier alpha value is -0.570. The van der Waals surface area contributed by atoms with E-state index in [9.17, 15) is 4.79 Å². The molecule has 104 valence electrons.